The third-order valence-corrected chi connectivity index (χ3v) is 3.78. The van der Waals surface area contributed by atoms with Gasteiger partial charge in [-0.3, -0.25) is 4.68 Å². The van der Waals surface area contributed by atoms with Crippen molar-refractivity contribution < 1.29 is 4.52 Å². The van der Waals surface area contributed by atoms with Gasteiger partial charge in [0.25, 0.3) is 5.89 Å². The van der Waals surface area contributed by atoms with Crippen molar-refractivity contribution in [1.29, 1.82) is 0 Å². The van der Waals surface area contributed by atoms with Crippen LogP contribution in [0.3, 0.4) is 0 Å². The number of rotatable bonds is 2. The molecule has 1 aliphatic rings. The van der Waals surface area contributed by atoms with E-state index in [1.807, 2.05) is 42.1 Å². The molecule has 1 aromatic carbocycles. The maximum atomic E-state index is 5.42. The average molecular weight is 318 g/mol. The van der Waals surface area contributed by atoms with Gasteiger partial charge in [-0.05, 0) is 0 Å². The SMILES string of the molecule is Cl.Cn1nc(-c2nc(-c3ccccc3)no2)c2c1CCNC2. The zero-order chi connectivity index (χ0) is 14.2. The third kappa shape index (κ3) is 2.40. The summed E-state index contributed by atoms with van der Waals surface area (Å²) < 4.78 is 7.33. The van der Waals surface area contributed by atoms with Crippen LogP contribution in [0.25, 0.3) is 23.0 Å². The first kappa shape index (κ1) is 14.7. The van der Waals surface area contributed by atoms with Gasteiger partial charge in [-0.2, -0.15) is 10.1 Å². The van der Waals surface area contributed by atoms with Crippen molar-refractivity contribution in [3.63, 3.8) is 0 Å². The molecule has 1 N–H and O–H groups in total. The van der Waals surface area contributed by atoms with Crippen LogP contribution in [0.2, 0.25) is 0 Å². The molecule has 0 radical (unpaired) electrons. The van der Waals surface area contributed by atoms with Gasteiger partial charge in [0.2, 0.25) is 5.82 Å². The molecule has 0 atom stereocenters. The van der Waals surface area contributed by atoms with E-state index < -0.39 is 0 Å². The minimum Gasteiger partial charge on any atom is -0.332 e. The molecule has 0 spiro atoms. The number of nitrogens with zero attached hydrogens (tertiary/aromatic N) is 4. The van der Waals surface area contributed by atoms with Gasteiger partial charge in [0.1, 0.15) is 0 Å². The van der Waals surface area contributed by atoms with Crippen LogP contribution >= 0.6 is 12.4 Å². The highest BCUT2D eigenvalue weighted by Crippen LogP contribution is 2.27. The Kier molecular flexibility index (Phi) is 3.96. The summed E-state index contributed by atoms with van der Waals surface area (Å²) in [7, 11) is 1.96. The number of hydrogen-bond acceptors (Lipinski definition) is 5. The molecule has 0 saturated heterocycles. The Balaban J connectivity index is 0.00000144. The average Bonchev–Trinajstić information content (AvgIpc) is 3.14. The highest BCUT2D eigenvalue weighted by molar-refractivity contribution is 5.85. The van der Waals surface area contributed by atoms with Crippen LogP contribution in [0.1, 0.15) is 11.3 Å². The molecule has 7 heteroatoms. The summed E-state index contributed by atoms with van der Waals surface area (Å²) in [4.78, 5) is 4.49. The molecule has 114 valence electrons. The second-order valence-corrected chi connectivity index (χ2v) is 5.11. The molecule has 0 fully saturated rings. The molecule has 0 amide bonds. The quantitative estimate of drug-likeness (QED) is 0.784. The molecule has 0 unspecified atom stereocenters. The first-order valence-corrected chi connectivity index (χ1v) is 6.98. The van der Waals surface area contributed by atoms with Crippen molar-refractivity contribution in [1.82, 2.24) is 25.2 Å². The van der Waals surface area contributed by atoms with Gasteiger partial charge in [-0.1, -0.05) is 35.5 Å². The van der Waals surface area contributed by atoms with E-state index in [1.54, 1.807) is 0 Å². The Morgan fingerprint density at radius 3 is 2.86 bits per heavy atom. The standard InChI is InChI=1S/C15H15N5O.ClH/c1-20-12-7-8-16-9-11(12)13(18-20)15-17-14(19-21-15)10-5-3-2-4-6-10;/h2-6,16H,7-9H2,1H3;1H. The molecule has 0 bridgehead atoms. The molecular formula is C15H16ClN5O. The second kappa shape index (κ2) is 5.90. The van der Waals surface area contributed by atoms with E-state index in [0.29, 0.717) is 11.7 Å². The van der Waals surface area contributed by atoms with Crippen LogP contribution < -0.4 is 5.32 Å². The van der Waals surface area contributed by atoms with E-state index in [9.17, 15) is 0 Å². The van der Waals surface area contributed by atoms with E-state index in [-0.39, 0.29) is 12.4 Å². The molecule has 3 heterocycles. The van der Waals surface area contributed by atoms with Crippen molar-refractivity contribution >= 4 is 12.4 Å². The normalized spacial score (nSPS) is 13.5. The lowest BCUT2D eigenvalue weighted by atomic mass is 10.1. The molecule has 6 nitrogen and oxygen atoms in total. The molecule has 0 aliphatic carbocycles. The van der Waals surface area contributed by atoms with Crippen LogP contribution in [-0.2, 0) is 20.0 Å². The molecule has 3 aromatic rings. The van der Waals surface area contributed by atoms with Crippen molar-refractivity contribution in [2.24, 2.45) is 7.05 Å². The van der Waals surface area contributed by atoms with E-state index in [0.717, 1.165) is 36.3 Å². The Bertz CT molecular complexity index is 781. The maximum Gasteiger partial charge on any atom is 0.279 e. The summed E-state index contributed by atoms with van der Waals surface area (Å²) in [5.74, 6) is 1.07. The topological polar surface area (TPSA) is 68.8 Å². The Hall–Kier alpha value is -2.18. The van der Waals surface area contributed by atoms with Crippen LogP contribution in [0, 0.1) is 0 Å². The van der Waals surface area contributed by atoms with Gasteiger partial charge in [0.15, 0.2) is 5.69 Å². The third-order valence-electron chi connectivity index (χ3n) is 3.78. The second-order valence-electron chi connectivity index (χ2n) is 5.11. The number of hydrogen-bond donors (Lipinski definition) is 1. The number of aryl methyl sites for hydroxylation is 1. The molecule has 4 rings (SSSR count). The fraction of sp³-hybridized carbons (Fsp3) is 0.267. The fourth-order valence-electron chi connectivity index (χ4n) is 2.72. The monoisotopic (exact) mass is 317 g/mol. The number of nitrogens with one attached hydrogen (secondary N) is 1. The lowest BCUT2D eigenvalue weighted by Gasteiger charge is -2.13. The van der Waals surface area contributed by atoms with Gasteiger partial charge < -0.3 is 9.84 Å². The first-order valence-electron chi connectivity index (χ1n) is 6.98. The van der Waals surface area contributed by atoms with E-state index in [2.05, 4.69) is 20.6 Å². The minimum absolute atomic E-state index is 0. The maximum absolute atomic E-state index is 5.42. The number of halogens is 1. The van der Waals surface area contributed by atoms with E-state index in [4.69, 9.17) is 4.52 Å². The first-order chi connectivity index (χ1) is 10.3. The summed E-state index contributed by atoms with van der Waals surface area (Å²) in [6.45, 7) is 1.77. The van der Waals surface area contributed by atoms with Crippen LogP contribution in [0.15, 0.2) is 34.9 Å². The summed E-state index contributed by atoms with van der Waals surface area (Å²) in [5, 5.41) is 12.0. The summed E-state index contributed by atoms with van der Waals surface area (Å²) in [5.41, 5.74) is 4.13. The van der Waals surface area contributed by atoms with Crippen LogP contribution in [0.5, 0.6) is 0 Å². The van der Waals surface area contributed by atoms with Crippen molar-refractivity contribution in [3.8, 4) is 23.0 Å². The lowest BCUT2D eigenvalue weighted by Crippen LogP contribution is -2.24. The largest absolute Gasteiger partial charge is 0.332 e. The molecule has 22 heavy (non-hydrogen) atoms. The molecule has 1 aliphatic heterocycles. The Morgan fingerprint density at radius 1 is 1.23 bits per heavy atom. The summed E-state index contributed by atoms with van der Waals surface area (Å²) in [6.07, 6.45) is 0.971. The lowest BCUT2D eigenvalue weighted by molar-refractivity contribution is 0.430. The predicted molar refractivity (Wildman–Crippen MR) is 84.6 cm³/mol. The zero-order valence-corrected chi connectivity index (χ0v) is 12.9. The molecular weight excluding hydrogens is 302 g/mol. The van der Waals surface area contributed by atoms with Gasteiger partial charge in [0.05, 0.1) is 0 Å². The van der Waals surface area contributed by atoms with Gasteiger partial charge in [-0.25, -0.2) is 0 Å². The van der Waals surface area contributed by atoms with Crippen molar-refractivity contribution in [2.45, 2.75) is 13.0 Å². The highest BCUT2D eigenvalue weighted by atomic mass is 35.5. The number of aromatic nitrogens is 4. The smallest absolute Gasteiger partial charge is 0.279 e. The van der Waals surface area contributed by atoms with Crippen molar-refractivity contribution in [2.75, 3.05) is 6.54 Å². The van der Waals surface area contributed by atoms with Gasteiger partial charge in [-0.15, -0.1) is 12.4 Å². The molecule has 0 saturated carbocycles. The predicted octanol–water partition coefficient (Wildman–Crippen LogP) is 2.20. The Morgan fingerprint density at radius 2 is 2.05 bits per heavy atom. The fourth-order valence-corrected chi connectivity index (χ4v) is 2.72. The van der Waals surface area contributed by atoms with Crippen molar-refractivity contribution in [3.05, 3.63) is 41.6 Å². The Labute approximate surface area is 133 Å². The van der Waals surface area contributed by atoms with Crippen LogP contribution in [0.4, 0.5) is 0 Å². The minimum atomic E-state index is 0. The molecule has 2 aromatic heterocycles. The van der Waals surface area contributed by atoms with Crippen LogP contribution in [-0.4, -0.2) is 26.5 Å². The van der Waals surface area contributed by atoms with Gasteiger partial charge in [0, 0.05) is 43.4 Å². The van der Waals surface area contributed by atoms with E-state index in [1.165, 1.54) is 5.69 Å². The number of fused-ring (bicyclic) bond motifs is 1. The highest BCUT2D eigenvalue weighted by Gasteiger charge is 2.24. The number of benzene rings is 1. The zero-order valence-electron chi connectivity index (χ0n) is 12.1. The summed E-state index contributed by atoms with van der Waals surface area (Å²) in [6, 6.07) is 9.80. The van der Waals surface area contributed by atoms with Gasteiger partial charge >= 0.3 is 0 Å². The van der Waals surface area contributed by atoms with E-state index >= 15 is 0 Å². The summed E-state index contributed by atoms with van der Waals surface area (Å²) >= 11 is 0.